The van der Waals surface area contributed by atoms with Gasteiger partial charge in [0.25, 0.3) is 5.91 Å². The van der Waals surface area contributed by atoms with Crippen LogP contribution < -0.4 is 5.32 Å². The first-order valence-electron chi connectivity index (χ1n) is 11.0. The van der Waals surface area contributed by atoms with E-state index in [-0.39, 0.29) is 0 Å². The molecule has 1 fully saturated rings. The van der Waals surface area contributed by atoms with Gasteiger partial charge < -0.3 is 10.1 Å². The number of para-hydroxylation sites is 1. The second kappa shape index (κ2) is 10.4. The van der Waals surface area contributed by atoms with Crippen molar-refractivity contribution in [2.45, 2.75) is 60.8 Å². The third-order valence-corrected chi connectivity index (χ3v) is 8.01. The first kappa shape index (κ1) is 23.3. The minimum Gasteiger partial charge on any atom is -0.449 e. The summed E-state index contributed by atoms with van der Waals surface area (Å²) in [4.78, 5) is 29.7. The Morgan fingerprint density at radius 1 is 1.18 bits per heavy atom. The molecule has 33 heavy (non-hydrogen) atoms. The second-order valence-corrected chi connectivity index (χ2v) is 10.5. The number of esters is 1. The van der Waals surface area contributed by atoms with Crippen molar-refractivity contribution in [1.82, 2.24) is 10.3 Å². The fraction of sp³-hybridized carbons (Fsp3) is 0.360. The summed E-state index contributed by atoms with van der Waals surface area (Å²) < 4.78 is 7.53. The zero-order valence-corrected chi connectivity index (χ0v) is 20.0. The molecule has 170 valence electrons. The van der Waals surface area contributed by atoms with Crippen LogP contribution in [0.2, 0.25) is 0 Å². The van der Waals surface area contributed by atoms with Crippen molar-refractivity contribution in [3.8, 4) is 6.07 Å². The van der Waals surface area contributed by atoms with Gasteiger partial charge in [0.15, 0.2) is 10.4 Å². The molecule has 1 atom stereocenters. The zero-order valence-electron chi connectivity index (χ0n) is 18.4. The predicted octanol–water partition coefficient (Wildman–Crippen LogP) is 5.48. The maximum atomic E-state index is 12.5. The molecule has 0 saturated heterocycles. The van der Waals surface area contributed by atoms with Crippen LogP contribution in [0.4, 0.5) is 0 Å². The van der Waals surface area contributed by atoms with E-state index in [4.69, 9.17) is 4.74 Å². The van der Waals surface area contributed by atoms with E-state index in [1.165, 1.54) is 11.6 Å². The van der Waals surface area contributed by atoms with Crippen LogP contribution in [0.5, 0.6) is 0 Å². The van der Waals surface area contributed by atoms with Crippen LogP contribution in [0.15, 0.2) is 52.9 Å². The number of aromatic nitrogens is 1. The average Bonchev–Trinajstić information content (AvgIpc) is 3.26. The Morgan fingerprint density at radius 2 is 1.91 bits per heavy atom. The summed E-state index contributed by atoms with van der Waals surface area (Å²) in [6, 6.07) is 17.5. The molecule has 1 aliphatic rings. The number of thioether (sulfide) groups is 1. The molecule has 4 rings (SSSR count). The Morgan fingerprint density at radius 3 is 2.61 bits per heavy atom. The number of benzene rings is 2. The first-order valence-corrected chi connectivity index (χ1v) is 12.8. The lowest BCUT2D eigenvalue weighted by Gasteiger charge is -2.32. The molecule has 0 spiro atoms. The van der Waals surface area contributed by atoms with Crippen LogP contribution in [-0.2, 0) is 15.3 Å². The minimum absolute atomic E-state index is 0.385. The number of hydrogen-bond donors (Lipinski definition) is 1. The number of hydrogen-bond acceptors (Lipinski definition) is 7. The molecule has 1 saturated carbocycles. The van der Waals surface area contributed by atoms with E-state index in [0.717, 1.165) is 40.4 Å². The normalized spacial score (nSPS) is 16.0. The SMILES string of the molecule is C[C@@H](OC(=O)c1ccc(CSc2nc3ccccc3s2)cc1)C(=O)NC1(C#N)CCCCC1. The van der Waals surface area contributed by atoms with Crippen molar-refractivity contribution in [2.24, 2.45) is 0 Å². The van der Waals surface area contributed by atoms with Gasteiger partial charge in [0.05, 0.1) is 21.8 Å². The van der Waals surface area contributed by atoms with Gasteiger partial charge in [-0.2, -0.15) is 5.26 Å². The lowest BCUT2D eigenvalue weighted by atomic mass is 9.83. The largest absolute Gasteiger partial charge is 0.449 e. The molecule has 0 bridgehead atoms. The summed E-state index contributed by atoms with van der Waals surface area (Å²) in [5, 5.41) is 12.3. The van der Waals surface area contributed by atoms with Crippen molar-refractivity contribution in [2.75, 3.05) is 0 Å². The molecule has 6 nitrogen and oxygen atoms in total. The number of thiazole rings is 1. The van der Waals surface area contributed by atoms with E-state index in [0.29, 0.717) is 18.4 Å². The standard InChI is InChI=1S/C25H25N3O3S2/c1-17(22(29)28-25(16-26)13-5-2-6-14-25)31-23(30)19-11-9-18(10-12-19)15-32-24-27-20-7-3-4-8-21(20)33-24/h3-4,7-12,17H,2,5-6,13-15H2,1H3,(H,28,29)/t17-/m1/s1. The number of rotatable bonds is 7. The summed E-state index contributed by atoms with van der Waals surface area (Å²) >= 11 is 3.33. The van der Waals surface area contributed by atoms with E-state index < -0.39 is 23.5 Å². The third-order valence-electron chi connectivity index (χ3n) is 5.76. The Kier molecular flexibility index (Phi) is 7.31. The Bertz CT molecular complexity index is 1140. The van der Waals surface area contributed by atoms with Crippen LogP contribution >= 0.6 is 23.1 Å². The summed E-state index contributed by atoms with van der Waals surface area (Å²) in [5.41, 5.74) is 1.61. The molecule has 1 aliphatic carbocycles. The van der Waals surface area contributed by atoms with Gasteiger partial charge in [-0.15, -0.1) is 11.3 Å². The van der Waals surface area contributed by atoms with E-state index in [9.17, 15) is 14.9 Å². The summed E-state index contributed by atoms with van der Waals surface area (Å²) in [7, 11) is 0. The highest BCUT2D eigenvalue weighted by Gasteiger charge is 2.35. The van der Waals surface area contributed by atoms with Gasteiger partial charge in [-0.3, -0.25) is 4.79 Å². The smallest absolute Gasteiger partial charge is 0.338 e. The Hall–Kier alpha value is -2.89. The molecule has 0 aliphatic heterocycles. The molecule has 0 radical (unpaired) electrons. The number of nitriles is 1. The van der Waals surface area contributed by atoms with Crippen molar-refractivity contribution in [1.29, 1.82) is 5.26 Å². The van der Waals surface area contributed by atoms with Gasteiger partial charge >= 0.3 is 5.97 Å². The van der Waals surface area contributed by atoms with Crippen LogP contribution in [0, 0.1) is 11.3 Å². The fourth-order valence-electron chi connectivity index (χ4n) is 3.83. The molecule has 1 heterocycles. The zero-order chi connectivity index (χ0) is 23.3. The highest BCUT2D eigenvalue weighted by Crippen LogP contribution is 2.31. The average molecular weight is 480 g/mol. The lowest BCUT2D eigenvalue weighted by Crippen LogP contribution is -2.52. The molecule has 1 amide bonds. The highest BCUT2D eigenvalue weighted by atomic mass is 32.2. The summed E-state index contributed by atoms with van der Waals surface area (Å²) in [6.45, 7) is 1.53. The maximum absolute atomic E-state index is 12.5. The Balaban J connectivity index is 1.30. The van der Waals surface area contributed by atoms with Crippen LogP contribution in [-0.4, -0.2) is 28.5 Å². The maximum Gasteiger partial charge on any atom is 0.338 e. The van der Waals surface area contributed by atoms with Gasteiger partial charge in [-0.25, -0.2) is 9.78 Å². The van der Waals surface area contributed by atoms with Gasteiger partial charge in [-0.1, -0.05) is 55.3 Å². The predicted molar refractivity (Wildman–Crippen MR) is 130 cm³/mol. The number of carbonyl (C=O) groups excluding carboxylic acids is 2. The lowest BCUT2D eigenvalue weighted by molar-refractivity contribution is -0.130. The molecule has 1 N–H and O–H groups in total. The minimum atomic E-state index is -0.973. The van der Waals surface area contributed by atoms with Gasteiger partial charge in [0.2, 0.25) is 0 Å². The van der Waals surface area contributed by atoms with E-state index >= 15 is 0 Å². The number of fused-ring (bicyclic) bond motifs is 1. The van der Waals surface area contributed by atoms with Crippen molar-refractivity contribution in [3.63, 3.8) is 0 Å². The fourth-order valence-corrected chi connectivity index (χ4v) is 5.86. The molecular formula is C25H25N3O3S2. The van der Waals surface area contributed by atoms with E-state index in [2.05, 4.69) is 22.4 Å². The number of nitrogens with zero attached hydrogens (tertiary/aromatic N) is 2. The number of amides is 1. The molecule has 0 unspecified atom stereocenters. The van der Waals surface area contributed by atoms with Gasteiger partial charge in [0.1, 0.15) is 5.54 Å². The third kappa shape index (κ3) is 5.73. The second-order valence-electron chi connectivity index (χ2n) is 8.22. The van der Waals surface area contributed by atoms with Crippen molar-refractivity contribution < 1.29 is 14.3 Å². The molecule has 1 aromatic heterocycles. The Labute approximate surface area is 201 Å². The monoisotopic (exact) mass is 479 g/mol. The molecule has 8 heteroatoms. The van der Waals surface area contributed by atoms with Crippen LogP contribution in [0.25, 0.3) is 10.2 Å². The molecule has 2 aromatic carbocycles. The van der Waals surface area contributed by atoms with E-state index in [1.807, 2.05) is 30.3 Å². The molecule has 3 aromatic rings. The first-order chi connectivity index (χ1) is 16.0. The topological polar surface area (TPSA) is 92.1 Å². The van der Waals surface area contributed by atoms with Crippen molar-refractivity contribution in [3.05, 3.63) is 59.7 Å². The van der Waals surface area contributed by atoms with Gasteiger partial charge in [0, 0.05) is 5.75 Å². The summed E-state index contributed by atoms with van der Waals surface area (Å²) in [5.74, 6) is -0.252. The van der Waals surface area contributed by atoms with Crippen LogP contribution in [0.3, 0.4) is 0 Å². The van der Waals surface area contributed by atoms with Gasteiger partial charge in [-0.05, 0) is 49.6 Å². The van der Waals surface area contributed by atoms with Crippen LogP contribution in [0.1, 0.15) is 54.9 Å². The molecular weight excluding hydrogens is 454 g/mol. The van der Waals surface area contributed by atoms with Crippen molar-refractivity contribution >= 4 is 45.2 Å². The number of nitrogens with one attached hydrogen (secondary N) is 1. The quantitative estimate of drug-likeness (QED) is 0.356. The number of ether oxygens (including phenoxy) is 1. The highest BCUT2D eigenvalue weighted by molar-refractivity contribution is 8.00. The summed E-state index contributed by atoms with van der Waals surface area (Å²) in [6.07, 6.45) is 3.17. The van der Waals surface area contributed by atoms with E-state index in [1.54, 1.807) is 35.2 Å². The number of carbonyl (C=O) groups is 2.